The molecule has 1 aromatic rings. The van der Waals surface area contributed by atoms with Gasteiger partial charge in [-0.05, 0) is 36.3 Å². The van der Waals surface area contributed by atoms with E-state index in [2.05, 4.69) is 45.2 Å². The normalized spacial score (nSPS) is 10.7. The first-order valence-corrected chi connectivity index (χ1v) is 6.76. The third-order valence-corrected chi connectivity index (χ3v) is 2.91. The molecule has 2 heteroatoms. The van der Waals surface area contributed by atoms with Crippen molar-refractivity contribution in [3.05, 3.63) is 29.3 Å². The highest BCUT2D eigenvalue weighted by Gasteiger charge is 2.07. The summed E-state index contributed by atoms with van der Waals surface area (Å²) in [4.78, 5) is 0. The Hall–Kier alpha value is -0.630. The maximum Gasteiger partial charge on any atom is 0.123 e. The van der Waals surface area contributed by atoms with Crippen LogP contribution in [-0.4, -0.2) is 18.6 Å². The van der Waals surface area contributed by atoms with E-state index in [1.807, 2.05) is 11.8 Å². The van der Waals surface area contributed by atoms with Crippen LogP contribution >= 0.6 is 11.8 Å². The number of ether oxygens (including phenoxy) is 1. The molecule has 0 saturated heterocycles. The van der Waals surface area contributed by atoms with Crippen LogP contribution in [0.4, 0.5) is 0 Å². The SMILES string of the molecule is CSCCOc1cc(C)ccc1C(C)C. The molecule has 0 heterocycles. The molecule has 0 fully saturated rings. The van der Waals surface area contributed by atoms with E-state index in [0.29, 0.717) is 5.92 Å². The van der Waals surface area contributed by atoms with Gasteiger partial charge in [0.25, 0.3) is 0 Å². The Kier molecular flexibility index (Phi) is 5.03. The number of benzene rings is 1. The molecule has 0 amide bonds. The first-order chi connectivity index (χ1) is 7.15. The summed E-state index contributed by atoms with van der Waals surface area (Å²) in [6, 6.07) is 6.46. The third-order valence-electron chi connectivity index (χ3n) is 2.34. The summed E-state index contributed by atoms with van der Waals surface area (Å²) in [5.74, 6) is 2.62. The molecule has 0 atom stereocenters. The zero-order valence-electron chi connectivity index (χ0n) is 10.0. The lowest BCUT2D eigenvalue weighted by molar-refractivity contribution is 0.338. The lowest BCUT2D eigenvalue weighted by atomic mass is 10.0. The lowest BCUT2D eigenvalue weighted by Crippen LogP contribution is -2.03. The summed E-state index contributed by atoms with van der Waals surface area (Å²) in [5, 5.41) is 0. The molecule has 0 spiro atoms. The summed E-state index contributed by atoms with van der Waals surface area (Å²) < 4.78 is 5.80. The van der Waals surface area contributed by atoms with Gasteiger partial charge in [-0.15, -0.1) is 0 Å². The molecule has 0 radical (unpaired) electrons. The lowest BCUT2D eigenvalue weighted by Gasteiger charge is -2.14. The molecule has 0 aliphatic rings. The van der Waals surface area contributed by atoms with Crippen molar-refractivity contribution in [1.29, 1.82) is 0 Å². The molecule has 0 N–H and O–H groups in total. The van der Waals surface area contributed by atoms with Crippen LogP contribution in [0.15, 0.2) is 18.2 Å². The van der Waals surface area contributed by atoms with E-state index in [1.165, 1.54) is 11.1 Å². The molecule has 0 saturated carbocycles. The van der Waals surface area contributed by atoms with Gasteiger partial charge in [0.05, 0.1) is 6.61 Å². The second-order valence-electron chi connectivity index (χ2n) is 4.04. The minimum Gasteiger partial charge on any atom is -0.492 e. The van der Waals surface area contributed by atoms with Crippen LogP contribution in [0.2, 0.25) is 0 Å². The monoisotopic (exact) mass is 224 g/mol. The van der Waals surface area contributed by atoms with E-state index in [4.69, 9.17) is 4.74 Å². The number of rotatable bonds is 5. The van der Waals surface area contributed by atoms with Crippen molar-refractivity contribution in [2.45, 2.75) is 26.7 Å². The molecular formula is C13H20OS. The van der Waals surface area contributed by atoms with Gasteiger partial charge in [0.1, 0.15) is 5.75 Å². The fourth-order valence-electron chi connectivity index (χ4n) is 1.48. The van der Waals surface area contributed by atoms with E-state index >= 15 is 0 Å². The van der Waals surface area contributed by atoms with Gasteiger partial charge in [-0.3, -0.25) is 0 Å². The zero-order chi connectivity index (χ0) is 11.3. The predicted octanol–water partition coefficient (Wildman–Crippen LogP) is 3.86. The van der Waals surface area contributed by atoms with Crippen molar-refractivity contribution in [3.63, 3.8) is 0 Å². The Balaban J connectivity index is 2.77. The van der Waals surface area contributed by atoms with E-state index in [1.54, 1.807) is 0 Å². The minimum absolute atomic E-state index is 0.523. The van der Waals surface area contributed by atoms with Gasteiger partial charge in [-0.25, -0.2) is 0 Å². The van der Waals surface area contributed by atoms with Crippen molar-refractivity contribution in [1.82, 2.24) is 0 Å². The highest BCUT2D eigenvalue weighted by molar-refractivity contribution is 7.98. The summed E-state index contributed by atoms with van der Waals surface area (Å²) in [6.45, 7) is 7.30. The summed E-state index contributed by atoms with van der Waals surface area (Å²) in [7, 11) is 0. The molecular weight excluding hydrogens is 204 g/mol. The summed E-state index contributed by atoms with van der Waals surface area (Å²) in [5.41, 5.74) is 2.57. The Morgan fingerprint density at radius 1 is 1.33 bits per heavy atom. The average molecular weight is 224 g/mol. The van der Waals surface area contributed by atoms with Crippen LogP contribution in [-0.2, 0) is 0 Å². The standard InChI is InChI=1S/C13H20OS/c1-10(2)12-6-5-11(3)9-13(12)14-7-8-15-4/h5-6,9-10H,7-8H2,1-4H3. The van der Waals surface area contributed by atoms with Crippen molar-refractivity contribution in [2.24, 2.45) is 0 Å². The van der Waals surface area contributed by atoms with E-state index in [9.17, 15) is 0 Å². The maximum atomic E-state index is 5.80. The van der Waals surface area contributed by atoms with Crippen LogP contribution in [0.5, 0.6) is 5.75 Å². The van der Waals surface area contributed by atoms with Gasteiger partial charge in [0.15, 0.2) is 0 Å². The molecule has 0 aliphatic carbocycles. The molecule has 1 nitrogen and oxygen atoms in total. The van der Waals surface area contributed by atoms with Gasteiger partial charge in [0, 0.05) is 5.75 Å². The number of hydrogen-bond acceptors (Lipinski definition) is 2. The molecule has 1 aromatic carbocycles. The smallest absolute Gasteiger partial charge is 0.123 e. The van der Waals surface area contributed by atoms with Crippen LogP contribution in [0.3, 0.4) is 0 Å². The largest absolute Gasteiger partial charge is 0.492 e. The van der Waals surface area contributed by atoms with E-state index < -0.39 is 0 Å². The maximum absolute atomic E-state index is 5.80. The molecule has 0 unspecified atom stereocenters. The fraction of sp³-hybridized carbons (Fsp3) is 0.538. The van der Waals surface area contributed by atoms with Crippen LogP contribution < -0.4 is 4.74 Å². The minimum atomic E-state index is 0.523. The Morgan fingerprint density at radius 3 is 2.67 bits per heavy atom. The second-order valence-corrected chi connectivity index (χ2v) is 5.02. The second kappa shape index (κ2) is 6.06. The van der Waals surface area contributed by atoms with Crippen LogP contribution in [0.1, 0.15) is 30.9 Å². The van der Waals surface area contributed by atoms with E-state index in [0.717, 1.165) is 18.1 Å². The van der Waals surface area contributed by atoms with Crippen molar-refractivity contribution in [3.8, 4) is 5.75 Å². The highest BCUT2D eigenvalue weighted by Crippen LogP contribution is 2.27. The highest BCUT2D eigenvalue weighted by atomic mass is 32.2. The zero-order valence-corrected chi connectivity index (χ0v) is 10.9. The summed E-state index contributed by atoms with van der Waals surface area (Å²) in [6.07, 6.45) is 2.10. The summed E-state index contributed by atoms with van der Waals surface area (Å²) >= 11 is 1.81. The van der Waals surface area contributed by atoms with Gasteiger partial charge < -0.3 is 4.74 Å². The van der Waals surface area contributed by atoms with Crippen LogP contribution in [0, 0.1) is 6.92 Å². The van der Waals surface area contributed by atoms with Crippen molar-refractivity contribution >= 4 is 11.8 Å². The fourth-order valence-corrected chi connectivity index (χ4v) is 1.73. The van der Waals surface area contributed by atoms with Crippen molar-refractivity contribution in [2.75, 3.05) is 18.6 Å². The number of aryl methyl sites for hydroxylation is 1. The first kappa shape index (κ1) is 12.4. The van der Waals surface area contributed by atoms with Gasteiger partial charge in [-0.1, -0.05) is 26.0 Å². The molecule has 0 aliphatic heterocycles. The van der Waals surface area contributed by atoms with Gasteiger partial charge >= 0.3 is 0 Å². The molecule has 1 rings (SSSR count). The van der Waals surface area contributed by atoms with E-state index in [-0.39, 0.29) is 0 Å². The molecule has 0 aromatic heterocycles. The topological polar surface area (TPSA) is 9.23 Å². The third kappa shape index (κ3) is 3.78. The predicted molar refractivity (Wildman–Crippen MR) is 69.1 cm³/mol. The molecule has 15 heavy (non-hydrogen) atoms. The van der Waals surface area contributed by atoms with Crippen LogP contribution in [0.25, 0.3) is 0 Å². The number of hydrogen-bond donors (Lipinski definition) is 0. The van der Waals surface area contributed by atoms with Crippen molar-refractivity contribution < 1.29 is 4.74 Å². The average Bonchev–Trinajstić information content (AvgIpc) is 2.18. The first-order valence-electron chi connectivity index (χ1n) is 5.37. The quantitative estimate of drug-likeness (QED) is 0.702. The number of thioether (sulfide) groups is 1. The molecule has 0 bridgehead atoms. The Labute approximate surface area is 97.2 Å². The molecule has 84 valence electrons. The Morgan fingerprint density at radius 2 is 2.07 bits per heavy atom. The van der Waals surface area contributed by atoms with Gasteiger partial charge in [-0.2, -0.15) is 11.8 Å². The van der Waals surface area contributed by atoms with Gasteiger partial charge in [0.2, 0.25) is 0 Å². The Bertz CT molecular complexity index is 307.